The van der Waals surface area contributed by atoms with Gasteiger partial charge in [0.1, 0.15) is 23.0 Å². The Hall–Kier alpha value is -4.62. The number of rotatable bonds is 11. The van der Waals surface area contributed by atoms with Crippen molar-refractivity contribution >= 4 is 47.7 Å². The van der Waals surface area contributed by atoms with Gasteiger partial charge in [-0.1, -0.05) is 121 Å². The van der Waals surface area contributed by atoms with Crippen molar-refractivity contribution in [2.75, 3.05) is 28.4 Å². The molecule has 0 aliphatic carbocycles. The molecule has 0 fully saturated rings. The van der Waals surface area contributed by atoms with Crippen LogP contribution in [0, 0.1) is 0 Å². The van der Waals surface area contributed by atoms with Crippen LogP contribution in [0.5, 0.6) is 23.0 Å². The summed E-state index contributed by atoms with van der Waals surface area (Å²) in [5, 5.41) is 7.13. The zero-order valence-corrected chi connectivity index (χ0v) is 28.2. The van der Waals surface area contributed by atoms with Crippen LogP contribution in [0.15, 0.2) is 146 Å². The molecule has 0 saturated heterocycles. The van der Waals surface area contributed by atoms with E-state index in [9.17, 15) is 0 Å². The zero-order valence-electron chi connectivity index (χ0n) is 26.4. The van der Waals surface area contributed by atoms with E-state index in [4.69, 9.17) is 18.9 Å². The van der Waals surface area contributed by atoms with Crippen molar-refractivity contribution in [1.29, 1.82) is 0 Å². The molecule has 6 heteroatoms. The van der Waals surface area contributed by atoms with Gasteiger partial charge in [0, 0.05) is 33.9 Å². The standard InChI is InChI=1S/C40H36O4P2/c1-41-29-25-35(43-3)39(37(27-29)45(31-17-9-5-10-18-31)32-19-11-6-12-20-32)40-36(44-4)26-30(42-2)28-38(40)46(33-21-13-7-14-22-33)34-23-15-8-16-24-34/h5-28H,1-4H3. The highest BCUT2D eigenvalue weighted by Crippen LogP contribution is 2.49. The molecule has 0 saturated carbocycles. The average molecular weight is 643 g/mol. The van der Waals surface area contributed by atoms with Crippen LogP contribution < -0.4 is 50.8 Å². The van der Waals surface area contributed by atoms with E-state index in [2.05, 4.69) is 133 Å². The summed E-state index contributed by atoms with van der Waals surface area (Å²) in [6.07, 6.45) is 0. The fraction of sp³-hybridized carbons (Fsp3) is 0.100. The largest absolute Gasteiger partial charge is 0.497 e. The lowest BCUT2D eigenvalue weighted by Gasteiger charge is -2.29. The molecule has 0 aromatic heterocycles. The molecule has 0 heterocycles. The molecule has 0 amide bonds. The van der Waals surface area contributed by atoms with Gasteiger partial charge in [0.25, 0.3) is 0 Å². The van der Waals surface area contributed by atoms with E-state index in [0.29, 0.717) is 0 Å². The third-order valence-corrected chi connectivity index (χ3v) is 12.7. The lowest BCUT2D eigenvalue weighted by Crippen LogP contribution is -2.26. The molecule has 0 aliphatic rings. The molecule has 0 bridgehead atoms. The number of ether oxygens (including phenoxy) is 4. The smallest absolute Gasteiger partial charge is 0.131 e. The first-order valence-electron chi connectivity index (χ1n) is 15.0. The van der Waals surface area contributed by atoms with Crippen molar-refractivity contribution in [1.82, 2.24) is 0 Å². The molecule has 6 aromatic carbocycles. The maximum Gasteiger partial charge on any atom is 0.131 e. The van der Waals surface area contributed by atoms with E-state index >= 15 is 0 Å². The summed E-state index contributed by atoms with van der Waals surface area (Å²) in [6.45, 7) is 0. The van der Waals surface area contributed by atoms with Crippen LogP contribution in [-0.4, -0.2) is 28.4 Å². The second-order valence-electron chi connectivity index (χ2n) is 10.5. The maximum absolute atomic E-state index is 6.26. The quantitative estimate of drug-likeness (QED) is 0.144. The first-order valence-corrected chi connectivity index (χ1v) is 17.7. The Balaban J connectivity index is 1.76. The highest BCUT2D eigenvalue weighted by atomic mass is 31.1. The van der Waals surface area contributed by atoms with E-state index in [1.165, 1.54) is 21.2 Å². The van der Waals surface area contributed by atoms with Crippen LogP contribution in [-0.2, 0) is 0 Å². The molecule has 0 unspecified atom stereocenters. The van der Waals surface area contributed by atoms with Gasteiger partial charge >= 0.3 is 0 Å². The van der Waals surface area contributed by atoms with Crippen molar-refractivity contribution in [3.8, 4) is 34.1 Å². The van der Waals surface area contributed by atoms with Crippen LogP contribution in [0.3, 0.4) is 0 Å². The highest BCUT2D eigenvalue weighted by Gasteiger charge is 2.31. The van der Waals surface area contributed by atoms with Gasteiger partial charge in [-0.15, -0.1) is 0 Å². The van der Waals surface area contributed by atoms with Gasteiger partial charge in [-0.2, -0.15) is 0 Å². The van der Waals surface area contributed by atoms with Gasteiger partial charge in [-0.25, -0.2) is 0 Å². The lowest BCUT2D eigenvalue weighted by atomic mass is 10.0. The van der Waals surface area contributed by atoms with Crippen molar-refractivity contribution < 1.29 is 18.9 Å². The Labute approximate surface area is 274 Å². The van der Waals surface area contributed by atoms with Crippen LogP contribution in [0.1, 0.15) is 0 Å². The molecular weight excluding hydrogens is 606 g/mol. The fourth-order valence-corrected chi connectivity index (χ4v) is 10.7. The molecule has 0 aliphatic heterocycles. The van der Waals surface area contributed by atoms with E-state index in [1.807, 2.05) is 12.1 Å². The van der Waals surface area contributed by atoms with E-state index in [1.54, 1.807) is 28.4 Å². The third kappa shape index (κ3) is 6.38. The Bertz CT molecular complexity index is 1660. The summed E-state index contributed by atoms with van der Waals surface area (Å²) in [4.78, 5) is 0. The van der Waals surface area contributed by atoms with Crippen LogP contribution in [0.2, 0.25) is 0 Å². The second-order valence-corrected chi connectivity index (χ2v) is 14.8. The van der Waals surface area contributed by atoms with Gasteiger partial charge in [0.05, 0.1) is 28.4 Å². The SMILES string of the molecule is COc1cc(OC)c(-c2c(OC)cc(OC)cc2P(c2ccccc2)c2ccccc2)c(P(c2ccccc2)c2ccccc2)c1. The third-order valence-electron chi connectivity index (χ3n) is 7.81. The summed E-state index contributed by atoms with van der Waals surface area (Å²) in [5.41, 5.74) is 1.96. The molecule has 0 radical (unpaired) electrons. The molecule has 4 nitrogen and oxygen atoms in total. The van der Waals surface area contributed by atoms with Crippen molar-refractivity contribution in [3.05, 3.63) is 146 Å². The van der Waals surface area contributed by atoms with Crippen molar-refractivity contribution in [2.24, 2.45) is 0 Å². The summed E-state index contributed by atoms with van der Waals surface area (Å²) in [5.74, 6) is 2.90. The highest BCUT2D eigenvalue weighted by molar-refractivity contribution is 7.80. The Kier molecular flexibility index (Phi) is 9.99. The number of hydrogen-bond donors (Lipinski definition) is 0. The Morgan fingerprint density at radius 3 is 0.870 bits per heavy atom. The molecule has 6 rings (SSSR count). The van der Waals surface area contributed by atoms with E-state index in [-0.39, 0.29) is 0 Å². The zero-order chi connectivity index (χ0) is 31.9. The predicted molar refractivity (Wildman–Crippen MR) is 195 cm³/mol. The van der Waals surface area contributed by atoms with Crippen molar-refractivity contribution in [2.45, 2.75) is 0 Å². The normalized spacial score (nSPS) is 11.0. The Morgan fingerprint density at radius 2 is 0.630 bits per heavy atom. The first kappa shape index (κ1) is 31.4. The van der Waals surface area contributed by atoms with E-state index < -0.39 is 15.8 Å². The summed E-state index contributed by atoms with van der Waals surface area (Å²) < 4.78 is 24.3. The van der Waals surface area contributed by atoms with Crippen LogP contribution in [0.4, 0.5) is 0 Å². The lowest BCUT2D eigenvalue weighted by molar-refractivity contribution is 0.392. The van der Waals surface area contributed by atoms with Crippen LogP contribution in [0.25, 0.3) is 11.1 Å². The monoisotopic (exact) mass is 642 g/mol. The van der Waals surface area contributed by atoms with Gasteiger partial charge < -0.3 is 18.9 Å². The number of benzene rings is 6. The van der Waals surface area contributed by atoms with Gasteiger partial charge in [0.15, 0.2) is 0 Å². The topological polar surface area (TPSA) is 36.9 Å². The van der Waals surface area contributed by atoms with E-state index in [0.717, 1.165) is 44.7 Å². The van der Waals surface area contributed by atoms with Crippen molar-refractivity contribution in [3.63, 3.8) is 0 Å². The second kappa shape index (κ2) is 14.6. The predicted octanol–water partition coefficient (Wildman–Crippen LogP) is 6.90. The molecule has 0 spiro atoms. The summed E-state index contributed by atoms with van der Waals surface area (Å²) >= 11 is 0. The first-order chi connectivity index (χ1) is 22.7. The van der Waals surface area contributed by atoms with Crippen LogP contribution >= 0.6 is 15.8 Å². The number of methoxy groups -OCH3 is 4. The Morgan fingerprint density at radius 1 is 0.348 bits per heavy atom. The molecule has 46 heavy (non-hydrogen) atoms. The maximum atomic E-state index is 6.26. The molecule has 0 atom stereocenters. The molecule has 230 valence electrons. The van der Waals surface area contributed by atoms with Gasteiger partial charge in [-0.3, -0.25) is 0 Å². The summed E-state index contributed by atoms with van der Waals surface area (Å²) in [7, 11) is 4.77. The summed E-state index contributed by atoms with van der Waals surface area (Å²) in [6, 6.07) is 51.1. The minimum atomic E-state index is -1.04. The minimum Gasteiger partial charge on any atom is -0.497 e. The molecular formula is C40H36O4P2. The van der Waals surface area contributed by atoms with Gasteiger partial charge in [-0.05, 0) is 49.2 Å². The average Bonchev–Trinajstić information content (AvgIpc) is 3.13. The van der Waals surface area contributed by atoms with Gasteiger partial charge in [0.2, 0.25) is 0 Å². The number of hydrogen-bond acceptors (Lipinski definition) is 4. The molecule has 6 aromatic rings. The molecule has 0 N–H and O–H groups in total. The minimum absolute atomic E-state index is 0.717. The fourth-order valence-electron chi connectivity index (χ4n) is 5.73.